The van der Waals surface area contributed by atoms with E-state index in [0.29, 0.717) is 34.1 Å². The highest BCUT2D eigenvalue weighted by Crippen LogP contribution is 2.36. The van der Waals surface area contributed by atoms with Gasteiger partial charge in [-0.1, -0.05) is 57.2 Å². The fourth-order valence-electron chi connectivity index (χ4n) is 5.62. The zero-order valence-electron chi connectivity index (χ0n) is 27.2. The number of aromatic nitrogens is 5. The number of piperazine rings is 1. The van der Waals surface area contributed by atoms with Crippen molar-refractivity contribution < 1.29 is 14.3 Å². The Labute approximate surface area is 273 Å². The fraction of sp³-hybridized carbons (Fsp3) is 0.394. The van der Waals surface area contributed by atoms with Crippen LogP contribution in [-0.4, -0.2) is 73.8 Å². The topological polar surface area (TPSA) is 117 Å². The van der Waals surface area contributed by atoms with Gasteiger partial charge in [-0.25, -0.2) is 33.5 Å². The van der Waals surface area contributed by atoms with Crippen molar-refractivity contribution in [3.63, 3.8) is 0 Å². The van der Waals surface area contributed by atoms with Crippen molar-refractivity contribution in [3.05, 3.63) is 68.9 Å². The molecule has 10 nitrogen and oxygen atoms in total. The summed E-state index contributed by atoms with van der Waals surface area (Å²) >= 11 is 6.81. The van der Waals surface area contributed by atoms with Crippen molar-refractivity contribution in [3.8, 4) is 28.4 Å². The van der Waals surface area contributed by atoms with Crippen LogP contribution in [0.15, 0.2) is 35.1 Å². The SMILES string of the molecule is Cc1nc(C#C[Si](C)(C)C)nc(C(C)C)c1-n1c(=O)nc(N2C[C@@H](C)N(C(=O)O)C[C@@H]2C)c2cc(Cl)c(-c3ccccc3F)nc21. The number of carbonyl (C=O) groups is 1. The van der Waals surface area contributed by atoms with Gasteiger partial charge in [0.2, 0.25) is 5.82 Å². The molecular formula is C33H37ClFN7O3Si. The summed E-state index contributed by atoms with van der Waals surface area (Å²) in [5.74, 6) is 3.17. The summed E-state index contributed by atoms with van der Waals surface area (Å²) in [6, 6.07) is 7.12. The molecule has 2 atom stereocenters. The number of fused-ring (bicyclic) bond motifs is 1. The number of hydrogen-bond donors (Lipinski definition) is 1. The van der Waals surface area contributed by atoms with Crippen LogP contribution < -0.4 is 10.6 Å². The van der Waals surface area contributed by atoms with Crippen molar-refractivity contribution >= 4 is 42.6 Å². The Bertz CT molecular complexity index is 1980. The number of nitrogens with zero attached hydrogens (tertiary/aromatic N) is 7. The summed E-state index contributed by atoms with van der Waals surface area (Å²) in [4.78, 5) is 48.3. The van der Waals surface area contributed by atoms with E-state index in [-0.39, 0.29) is 53.0 Å². The second-order valence-electron chi connectivity index (χ2n) is 13.0. The number of carboxylic acid groups (broad SMARTS) is 1. The van der Waals surface area contributed by atoms with E-state index in [4.69, 9.17) is 21.6 Å². The molecule has 1 saturated heterocycles. The summed E-state index contributed by atoms with van der Waals surface area (Å²) in [6.45, 7) is 16.3. The molecule has 46 heavy (non-hydrogen) atoms. The van der Waals surface area contributed by atoms with Gasteiger partial charge >= 0.3 is 11.8 Å². The van der Waals surface area contributed by atoms with E-state index < -0.39 is 25.7 Å². The van der Waals surface area contributed by atoms with Gasteiger partial charge in [0.1, 0.15) is 19.7 Å². The van der Waals surface area contributed by atoms with Gasteiger partial charge in [-0.2, -0.15) is 4.98 Å². The summed E-state index contributed by atoms with van der Waals surface area (Å²) < 4.78 is 16.5. The Morgan fingerprint density at radius 3 is 2.41 bits per heavy atom. The molecule has 1 fully saturated rings. The van der Waals surface area contributed by atoms with E-state index in [9.17, 15) is 14.7 Å². The maximum Gasteiger partial charge on any atom is 0.407 e. The number of aryl methyl sites for hydroxylation is 1. The number of benzene rings is 1. The van der Waals surface area contributed by atoms with E-state index >= 15 is 4.39 Å². The van der Waals surface area contributed by atoms with Gasteiger partial charge < -0.3 is 14.9 Å². The number of anilines is 1. The Morgan fingerprint density at radius 1 is 1.09 bits per heavy atom. The first-order chi connectivity index (χ1) is 21.6. The van der Waals surface area contributed by atoms with Crippen LogP contribution in [0.1, 0.15) is 50.8 Å². The molecule has 5 rings (SSSR count). The van der Waals surface area contributed by atoms with Crippen molar-refractivity contribution in [2.24, 2.45) is 0 Å². The van der Waals surface area contributed by atoms with E-state index in [0.717, 1.165) is 0 Å². The third-order valence-corrected chi connectivity index (χ3v) is 9.00. The average Bonchev–Trinajstić information content (AvgIpc) is 2.97. The lowest BCUT2D eigenvalue weighted by Gasteiger charge is -2.43. The summed E-state index contributed by atoms with van der Waals surface area (Å²) in [5, 5.41) is 10.3. The molecule has 3 aromatic heterocycles. The lowest BCUT2D eigenvalue weighted by Crippen LogP contribution is -2.58. The predicted molar refractivity (Wildman–Crippen MR) is 181 cm³/mol. The molecule has 1 amide bonds. The van der Waals surface area contributed by atoms with Crippen molar-refractivity contribution in [1.29, 1.82) is 0 Å². The zero-order chi connectivity index (χ0) is 33.7. The van der Waals surface area contributed by atoms with E-state index in [1.165, 1.54) is 15.5 Å². The van der Waals surface area contributed by atoms with Crippen LogP contribution in [0.25, 0.3) is 28.0 Å². The minimum absolute atomic E-state index is 0.130. The molecule has 1 N–H and O–H groups in total. The fourth-order valence-corrected chi connectivity index (χ4v) is 6.36. The van der Waals surface area contributed by atoms with E-state index in [2.05, 4.69) is 41.1 Å². The van der Waals surface area contributed by atoms with Gasteiger partial charge in [0.25, 0.3) is 0 Å². The number of hydrogen-bond acceptors (Lipinski definition) is 7. The highest BCUT2D eigenvalue weighted by Gasteiger charge is 2.35. The molecule has 0 aliphatic carbocycles. The highest BCUT2D eigenvalue weighted by atomic mass is 35.5. The lowest BCUT2D eigenvalue weighted by atomic mass is 10.1. The monoisotopic (exact) mass is 661 g/mol. The summed E-state index contributed by atoms with van der Waals surface area (Å²) in [5.41, 5.74) is 4.74. The van der Waals surface area contributed by atoms with Crippen LogP contribution in [0.5, 0.6) is 0 Å². The molecular weight excluding hydrogens is 625 g/mol. The maximum absolute atomic E-state index is 15.1. The number of halogens is 2. The first-order valence-electron chi connectivity index (χ1n) is 15.1. The third kappa shape index (κ3) is 6.34. The quantitative estimate of drug-likeness (QED) is 0.201. The Balaban J connectivity index is 1.84. The minimum Gasteiger partial charge on any atom is -0.465 e. The Morgan fingerprint density at radius 2 is 1.78 bits per heavy atom. The van der Waals surface area contributed by atoms with E-state index in [1.54, 1.807) is 38.1 Å². The molecule has 0 bridgehead atoms. The molecule has 0 spiro atoms. The van der Waals surface area contributed by atoms with Crippen LogP contribution in [0, 0.1) is 24.2 Å². The van der Waals surface area contributed by atoms with Crippen LogP contribution in [0.3, 0.4) is 0 Å². The Hall–Kier alpha value is -4.34. The van der Waals surface area contributed by atoms with Gasteiger partial charge in [0.15, 0.2) is 5.65 Å². The van der Waals surface area contributed by atoms with Crippen molar-refractivity contribution in [2.75, 3.05) is 18.0 Å². The molecule has 1 aliphatic rings. The highest BCUT2D eigenvalue weighted by molar-refractivity contribution is 6.83. The van der Waals surface area contributed by atoms with Gasteiger partial charge in [-0.3, -0.25) is 0 Å². The molecule has 4 aromatic rings. The normalized spacial score (nSPS) is 16.9. The number of pyridine rings is 1. The second-order valence-corrected chi connectivity index (χ2v) is 18.2. The predicted octanol–water partition coefficient (Wildman–Crippen LogP) is 6.27. The van der Waals surface area contributed by atoms with Gasteiger partial charge in [0.05, 0.1) is 33.2 Å². The van der Waals surface area contributed by atoms with Crippen LogP contribution >= 0.6 is 11.6 Å². The number of rotatable bonds is 4. The second kappa shape index (κ2) is 12.5. The first-order valence-corrected chi connectivity index (χ1v) is 19.0. The molecule has 1 aliphatic heterocycles. The van der Waals surface area contributed by atoms with Gasteiger partial charge in [0, 0.05) is 30.7 Å². The average molecular weight is 662 g/mol. The molecule has 0 saturated carbocycles. The maximum atomic E-state index is 15.1. The smallest absolute Gasteiger partial charge is 0.407 e. The number of amides is 1. The first kappa shape index (κ1) is 33.0. The molecule has 1 aromatic carbocycles. The summed E-state index contributed by atoms with van der Waals surface area (Å²) in [7, 11) is -1.72. The molecule has 13 heteroatoms. The minimum atomic E-state index is -1.72. The summed E-state index contributed by atoms with van der Waals surface area (Å²) in [6.07, 6.45) is -1.01. The zero-order valence-corrected chi connectivity index (χ0v) is 28.9. The molecule has 0 unspecified atom stereocenters. The van der Waals surface area contributed by atoms with Crippen molar-refractivity contribution in [2.45, 2.75) is 72.3 Å². The third-order valence-electron chi connectivity index (χ3n) is 7.84. The lowest BCUT2D eigenvalue weighted by molar-refractivity contribution is 0.114. The van der Waals surface area contributed by atoms with Crippen molar-refractivity contribution in [1.82, 2.24) is 29.4 Å². The van der Waals surface area contributed by atoms with Gasteiger partial charge in [-0.05, 0) is 50.8 Å². The standard InChI is InChI=1S/C33H37ClFN7O3Si/c1-18(2)27-29(21(5)36-26(37-27)13-14-46(6,7)8)42-31-23(15-24(34)28(38-31)22-11-9-10-12-25(22)35)30(39-32(42)43)40-16-20(4)41(33(44)45)17-19(40)3/h9-12,15,18-20H,16-17H2,1-8H3,(H,44,45)/t19-,20+/m0/s1. The van der Waals surface area contributed by atoms with Crippen LogP contribution in [0.2, 0.25) is 24.7 Å². The van der Waals surface area contributed by atoms with Crippen LogP contribution in [0.4, 0.5) is 15.0 Å². The molecule has 4 heterocycles. The Kier molecular flexibility index (Phi) is 8.94. The van der Waals surface area contributed by atoms with E-state index in [1.807, 2.05) is 25.7 Å². The largest absolute Gasteiger partial charge is 0.465 e. The van der Waals surface area contributed by atoms with Gasteiger partial charge in [-0.15, -0.1) is 5.54 Å². The molecule has 0 radical (unpaired) electrons. The molecule has 240 valence electrons. The van der Waals surface area contributed by atoms with Crippen LogP contribution in [-0.2, 0) is 0 Å².